The molecule has 8 heteroatoms. The van der Waals surface area contributed by atoms with E-state index in [1.54, 1.807) is 37.2 Å². The molecule has 0 aliphatic heterocycles. The van der Waals surface area contributed by atoms with E-state index in [0.29, 0.717) is 17.5 Å². The largest absolute Gasteiger partial charge is 0.350 e. The van der Waals surface area contributed by atoms with Crippen LogP contribution in [0.25, 0.3) is 0 Å². The van der Waals surface area contributed by atoms with Gasteiger partial charge in [-0.1, -0.05) is 18.2 Å². The van der Waals surface area contributed by atoms with E-state index in [1.807, 2.05) is 0 Å². The van der Waals surface area contributed by atoms with Gasteiger partial charge in [0.1, 0.15) is 5.82 Å². The zero-order valence-corrected chi connectivity index (χ0v) is 11.3. The number of halogens is 1. The van der Waals surface area contributed by atoms with Crippen LogP contribution in [-0.2, 0) is 6.54 Å². The monoisotopic (exact) mass is 277 g/mol. The molecule has 1 heterocycles. The Hall–Kier alpha value is -2.48. The molecule has 1 aromatic carbocycles. The van der Waals surface area contributed by atoms with Crippen molar-refractivity contribution in [2.45, 2.75) is 6.54 Å². The first-order valence-electron chi connectivity index (χ1n) is 5.97. The van der Waals surface area contributed by atoms with Crippen LogP contribution < -0.4 is 21.5 Å². The average Bonchev–Trinajstić information content (AvgIpc) is 2.46. The third-order valence-electron chi connectivity index (χ3n) is 2.55. The van der Waals surface area contributed by atoms with E-state index < -0.39 is 0 Å². The van der Waals surface area contributed by atoms with E-state index in [4.69, 9.17) is 5.84 Å². The minimum Gasteiger partial charge on any atom is -0.350 e. The number of hydrazine groups is 1. The van der Waals surface area contributed by atoms with Gasteiger partial charge in [0.2, 0.25) is 17.8 Å². The lowest BCUT2D eigenvalue weighted by atomic mass is 10.2. The lowest BCUT2D eigenvalue weighted by molar-refractivity contribution is 0.612. The maximum Gasteiger partial charge on any atom is 0.243 e. The molecule has 0 saturated carbocycles. The number of benzene rings is 1. The summed E-state index contributed by atoms with van der Waals surface area (Å²) < 4.78 is 13.5. The summed E-state index contributed by atoms with van der Waals surface area (Å²) in [7, 11) is 3.60. The number of anilines is 3. The van der Waals surface area contributed by atoms with Crippen LogP contribution in [0.2, 0.25) is 0 Å². The van der Waals surface area contributed by atoms with Crippen molar-refractivity contribution in [1.82, 2.24) is 15.0 Å². The van der Waals surface area contributed by atoms with Crippen molar-refractivity contribution >= 4 is 17.8 Å². The number of hydrogen-bond acceptors (Lipinski definition) is 7. The Labute approximate surface area is 116 Å². The van der Waals surface area contributed by atoms with E-state index in [2.05, 4.69) is 25.7 Å². The van der Waals surface area contributed by atoms with Gasteiger partial charge in [-0.2, -0.15) is 15.0 Å². The number of hydrogen-bond donors (Lipinski definition) is 3. The maximum atomic E-state index is 13.5. The number of nitrogen functional groups attached to an aromatic ring is 1. The molecule has 7 nitrogen and oxygen atoms in total. The van der Waals surface area contributed by atoms with Gasteiger partial charge in [-0.3, -0.25) is 5.43 Å². The lowest BCUT2D eigenvalue weighted by Crippen LogP contribution is -2.19. The second-order valence-corrected chi connectivity index (χ2v) is 4.27. The number of nitrogens with two attached hydrogens (primary N) is 1. The van der Waals surface area contributed by atoms with Crippen LogP contribution in [0.15, 0.2) is 24.3 Å². The Morgan fingerprint density at radius 3 is 2.50 bits per heavy atom. The molecular weight excluding hydrogens is 261 g/mol. The molecule has 0 amide bonds. The molecule has 2 rings (SSSR count). The van der Waals surface area contributed by atoms with E-state index in [0.717, 1.165) is 0 Å². The van der Waals surface area contributed by atoms with Crippen molar-refractivity contribution in [3.8, 4) is 0 Å². The summed E-state index contributed by atoms with van der Waals surface area (Å²) in [6.07, 6.45) is 0. The minimum absolute atomic E-state index is 0.236. The molecule has 2 aromatic rings. The molecule has 0 aliphatic carbocycles. The van der Waals surface area contributed by atoms with Crippen LogP contribution in [0.1, 0.15) is 5.56 Å². The predicted molar refractivity (Wildman–Crippen MR) is 75.7 cm³/mol. The molecule has 0 atom stereocenters. The first-order chi connectivity index (χ1) is 9.60. The van der Waals surface area contributed by atoms with Crippen LogP contribution in [-0.4, -0.2) is 29.0 Å². The van der Waals surface area contributed by atoms with Gasteiger partial charge in [-0.05, 0) is 6.07 Å². The van der Waals surface area contributed by atoms with Gasteiger partial charge in [0.25, 0.3) is 0 Å². The van der Waals surface area contributed by atoms with Gasteiger partial charge in [0.15, 0.2) is 0 Å². The Bertz CT molecular complexity index is 588. The molecule has 0 bridgehead atoms. The van der Waals surface area contributed by atoms with E-state index in [9.17, 15) is 4.39 Å². The highest BCUT2D eigenvalue weighted by atomic mass is 19.1. The van der Waals surface area contributed by atoms with Gasteiger partial charge in [-0.15, -0.1) is 0 Å². The fraction of sp³-hybridized carbons (Fsp3) is 0.250. The average molecular weight is 277 g/mol. The van der Waals surface area contributed by atoms with E-state index >= 15 is 0 Å². The first kappa shape index (κ1) is 13.9. The summed E-state index contributed by atoms with van der Waals surface area (Å²) in [4.78, 5) is 14.1. The number of nitrogens with zero attached hydrogens (tertiary/aromatic N) is 4. The summed E-state index contributed by atoms with van der Waals surface area (Å²) >= 11 is 0. The summed E-state index contributed by atoms with van der Waals surface area (Å²) in [6, 6.07) is 6.51. The summed E-state index contributed by atoms with van der Waals surface area (Å²) in [5.41, 5.74) is 2.90. The van der Waals surface area contributed by atoms with E-state index in [1.165, 1.54) is 6.07 Å². The maximum absolute atomic E-state index is 13.5. The molecule has 0 spiro atoms. The van der Waals surface area contributed by atoms with Crippen LogP contribution in [0.5, 0.6) is 0 Å². The highest BCUT2D eigenvalue weighted by molar-refractivity contribution is 5.42. The summed E-state index contributed by atoms with van der Waals surface area (Å²) in [5, 5.41) is 2.95. The van der Waals surface area contributed by atoms with Crippen molar-refractivity contribution in [2.24, 2.45) is 5.84 Å². The Balaban J connectivity index is 2.17. The highest BCUT2D eigenvalue weighted by Gasteiger charge is 2.08. The molecule has 0 radical (unpaired) electrons. The molecule has 1 aromatic heterocycles. The standard InChI is InChI=1S/C12H16FN7/c1-20(2)12-17-10(16-11(18-12)19-14)15-7-8-5-3-4-6-9(8)13/h3-6H,7,14H2,1-2H3,(H2,15,16,17,18,19). The number of nitrogens with one attached hydrogen (secondary N) is 2. The van der Waals surface area contributed by atoms with Crippen molar-refractivity contribution < 1.29 is 4.39 Å². The molecule has 0 unspecified atom stereocenters. The van der Waals surface area contributed by atoms with Gasteiger partial charge < -0.3 is 10.2 Å². The number of rotatable bonds is 5. The van der Waals surface area contributed by atoms with Crippen LogP contribution in [0.3, 0.4) is 0 Å². The van der Waals surface area contributed by atoms with Crippen LogP contribution >= 0.6 is 0 Å². The van der Waals surface area contributed by atoms with Crippen molar-refractivity contribution in [3.63, 3.8) is 0 Å². The van der Waals surface area contributed by atoms with Crippen LogP contribution in [0.4, 0.5) is 22.2 Å². The Morgan fingerprint density at radius 2 is 1.85 bits per heavy atom. The zero-order valence-electron chi connectivity index (χ0n) is 11.3. The lowest BCUT2D eigenvalue weighted by Gasteiger charge is -2.13. The molecule has 4 N–H and O–H groups in total. The fourth-order valence-electron chi connectivity index (χ4n) is 1.52. The number of aromatic nitrogens is 3. The normalized spacial score (nSPS) is 10.2. The van der Waals surface area contributed by atoms with Gasteiger partial charge in [-0.25, -0.2) is 10.2 Å². The van der Waals surface area contributed by atoms with Crippen molar-refractivity contribution in [1.29, 1.82) is 0 Å². The summed E-state index contributed by atoms with van der Waals surface area (Å²) in [6.45, 7) is 0.271. The predicted octanol–water partition coefficient (Wildman–Crippen LogP) is 0.974. The first-order valence-corrected chi connectivity index (χ1v) is 5.97. The third kappa shape index (κ3) is 3.29. The zero-order chi connectivity index (χ0) is 14.5. The fourth-order valence-corrected chi connectivity index (χ4v) is 1.52. The van der Waals surface area contributed by atoms with Crippen molar-refractivity contribution in [3.05, 3.63) is 35.6 Å². The smallest absolute Gasteiger partial charge is 0.243 e. The van der Waals surface area contributed by atoms with Gasteiger partial charge in [0, 0.05) is 26.2 Å². The molecular formula is C12H16FN7. The van der Waals surface area contributed by atoms with Crippen molar-refractivity contribution in [2.75, 3.05) is 29.7 Å². The molecule has 20 heavy (non-hydrogen) atoms. The second kappa shape index (κ2) is 6.11. The topological polar surface area (TPSA) is 92.0 Å². The molecule has 0 aliphatic rings. The summed E-state index contributed by atoms with van der Waals surface area (Å²) in [5.74, 6) is 6.03. The molecule has 0 fully saturated rings. The van der Waals surface area contributed by atoms with E-state index in [-0.39, 0.29) is 18.3 Å². The molecule has 0 saturated heterocycles. The highest BCUT2D eigenvalue weighted by Crippen LogP contribution is 2.13. The minimum atomic E-state index is -0.279. The third-order valence-corrected chi connectivity index (χ3v) is 2.55. The Kier molecular flexibility index (Phi) is 4.26. The molecule has 106 valence electrons. The van der Waals surface area contributed by atoms with Gasteiger partial charge in [0.05, 0.1) is 0 Å². The SMILES string of the molecule is CN(C)c1nc(NN)nc(NCc2ccccc2F)n1. The van der Waals surface area contributed by atoms with Crippen LogP contribution in [0, 0.1) is 5.82 Å². The Morgan fingerprint density at radius 1 is 1.15 bits per heavy atom. The van der Waals surface area contributed by atoms with Gasteiger partial charge >= 0.3 is 0 Å². The quantitative estimate of drug-likeness (QED) is 0.554. The second-order valence-electron chi connectivity index (χ2n) is 4.27.